The molecule has 0 spiro atoms. The fraction of sp³-hybridized carbons (Fsp3) is 0.120. The fourth-order valence-electron chi connectivity index (χ4n) is 3.39. The summed E-state index contributed by atoms with van der Waals surface area (Å²) in [6.45, 7) is 0.243. The Hall–Kier alpha value is -3.64. The van der Waals surface area contributed by atoms with E-state index in [-0.39, 0.29) is 28.8 Å². The molecule has 2 amide bonds. The van der Waals surface area contributed by atoms with E-state index in [4.69, 9.17) is 16.3 Å². The second-order valence-electron chi connectivity index (χ2n) is 7.19. The summed E-state index contributed by atoms with van der Waals surface area (Å²) in [5, 5.41) is 2.99. The van der Waals surface area contributed by atoms with Gasteiger partial charge in [0.2, 0.25) is 5.91 Å². The number of para-hydroxylation sites is 2. The van der Waals surface area contributed by atoms with Gasteiger partial charge in [-0.3, -0.25) is 14.5 Å². The maximum Gasteiger partial charge on any atom is 0.294 e. The molecule has 1 aliphatic rings. The molecular formula is C25H20ClFN2O3. The number of nitrogens with one attached hydrogen (secondary N) is 1. The van der Waals surface area contributed by atoms with Crippen LogP contribution >= 0.6 is 11.6 Å². The van der Waals surface area contributed by atoms with Crippen LogP contribution in [0.4, 0.5) is 10.1 Å². The molecule has 0 radical (unpaired) electrons. The van der Waals surface area contributed by atoms with Gasteiger partial charge >= 0.3 is 0 Å². The van der Waals surface area contributed by atoms with Crippen molar-refractivity contribution in [3.63, 3.8) is 0 Å². The number of rotatable bonds is 6. The Balaban J connectivity index is 1.53. The molecule has 7 heteroatoms. The van der Waals surface area contributed by atoms with Crippen LogP contribution in [-0.4, -0.2) is 24.9 Å². The molecule has 32 heavy (non-hydrogen) atoms. The number of nitrogens with zero attached hydrogens (tertiary/aromatic N) is 1. The lowest BCUT2D eigenvalue weighted by atomic mass is 10.1. The van der Waals surface area contributed by atoms with Gasteiger partial charge < -0.3 is 10.1 Å². The van der Waals surface area contributed by atoms with Crippen molar-refractivity contribution in [2.24, 2.45) is 0 Å². The number of ether oxygens (including phenoxy) is 1. The number of carbonyl (C=O) groups is 2. The van der Waals surface area contributed by atoms with Crippen LogP contribution in [0.25, 0.3) is 6.08 Å². The zero-order valence-corrected chi connectivity index (χ0v) is 17.8. The Morgan fingerprint density at radius 3 is 2.56 bits per heavy atom. The number of halogens is 2. The average Bonchev–Trinajstić information content (AvgIpc) is 2.79. The van der Waals surface area contributed by atoms with E-state index in [1.54, 1.807) is 24.3 Å². The molecule has 0 unspecified atom stereocenters. The second-order valence-corrected chi connectivity index (χ2v) is 7.60. The lowest BCUT2D eigenvalue weighted by Crippen LogP contribution is -2.44. The first kappa shape index (κ1) is 21.6. The Kier molecular flexibility index (Phi) is 6.52. The summed E-state index contributed by atoms with van der Waals surface area (Å²) in [5.74, 6) is -1.17. The molecule has 0 bridgehead atoms. The lowest BCUT2D eigenvalue weighted by Gasteiger charge is -2.30. The molecule has 5 nitrogen and oxygen atoms in total. The third-order valence-corrected chi connectivity index (χ3v) is 5.32. The molecule has 0 aliphatic carbocycles. The first-order chi connectivity index (χ1) is 15.5. The molecule has 0 atom stereocenters. The molecule has 162 valence electrons. The number of amides is 2. The number of hydrogen-bond donors (Lipinski definition) is 1. The van der Waals surface area contributed by atoms with Crippen molar-refractivity contribution in [2.45, 2.75) is 6.42 Å². The summed E-state index contributed by atoms with van der Waals surface area (Å²) in [6.07, 6.45) is 1.94. The Morgan fingerprint density at radius 2 is 1.78 bits per heavy atom. The molecule has 3 aromatic rings. The quantitative estimate of drug-likeness (QED) is 0.558. The van der Waals surface area contributed by atoms with E-state index in [2.05, 4.69) is 5.32 Å². The molecule has 1 aliphatic heterocycles. The number of benzene rings is 3. The molecule has 4 rings (SSSR count). The summed E-state index contributed by atoms with van der Waals surface area (Å²) in [5.41, 5.74) is 1.62. The van der Waals surface area contributed by atoms with Gasteiger partial charge in [0.05, 0.1) is 10.7 Å². The van der Waals surface area contributed by atoms with E-state index in [1.165, 1.54) is 29.2 Å². The van der Waals surface area contributed by atoms with Crippen molar-refractivity contribution < 1.29 is 18.7 Å². The van der Waals surface area contributed by atoms with Crippen molar-refractivity contribution in [1.29, 1.82) is 0 Å². The highest BCUT2D eigenvalue weighted by molar-refractivity contribution is 6.32. The smallest absolute Gasteiger partial charge is 0.294 e. The maximum absolute atomic E-state index is 14.2. The van der Waals surface area contributed by atoms with E-state index in [0.717, 1.165) is 5.56 Å². The highest BCUT2D eigenvalue weighted by Gasteiger charge is 2.32. The summed E-state index contributed by atoms with van der Waals surface area (Å²) in [4.78, 5) is 27.0. The van der Waals surface area contributed by atoms with Gasteiger partial charge in [-0.05, 0) is 42.3 Å². The van der Waals surface area contributed by atoms with Gasteiger partial charge in [-0.25, -0.2) is 4.39 Å². The minimum absolute atomic E-state index is 0.0455. The molecular weight excluding hydrogens is 431 g/mol. The van der Waals surface area contributed by atoms with Crippen molar-refractivity contribution in [1.82, 2.24) is 5.32 Å². The predicted octanol–water partition coefficient (Wildman–Crippen LogP) is 4.60. The Morgan fingerprint density at radius 1 is 1.03 bits per heavy atom. The minimum Gasteiger partial charge on any atom is -0.449 e. The van der Waals surface area contributed by atoms with Crippen molar-refractivity contribution in [3.8, 4) is 5.75 Å². The first-order valence-corrected chi connectivity index (χ1v) is 10.5. The monoisotopic (exact) mass is 450 g/mol. The van der Waals surface area contributed by atoms with Crippen LogP contribution in [0.3, 0.4) is 0 Å². The van der Waals surface area contributed by atoms with Crippen LogP contribution in [0.15, 0.2) is 78.6 Å². The number of hydrogen-bond acceptors (Lipinski definition) is 3. The largest absolute Gasteiger partial charge is 0.449 e. The van der Waals surface area contributed by atoms with E-state index in [1.807, 2.05) is 30.3 Å². The number of carbonyl (C=O) groups excluding carboxylic acids is 2. The van der Waals surface area contributed by atoms with Crippen LogP contribution in [0, 0.1) is 5.82 Å². The molecule has 0 aromatic heterocycles. The van der Waals surface area contributed by atoms with Gasteiger partial charge in [0, 0.05) is 12.1 Å². The average molecular weight is 451 g/mol. The Labute approximate surface area is 190 Å². The number of anilines is 1. The number of fused-ring (bicyclic) bond motifs is 1. The fourth-order valence-corrected chi connectivity index (χ4v) is 3.61. The van der Waals surface area contributed by atoms with Gasteiger partial charge in [-0.15, -0.1) is 0 Å². The molecule has 3 aromatic carbocycles. The molecule has 0 saturated heterocycles. The third-order valence-electron chi connectivity index (χ3n) is 4.99. The predicted molar refractivity (Wildman–Crippen MR) is 122 cm³/mol. The molecule has 0 saturated carbocycles. The van der Waals surface area contributed by atoms with Crippen LogP contribution in [0.2, 0.25) is 5.02 Å². The van der Waals surface area contributed by atoms with Gasteiger partial charge in [0.25, 0.3) is 5.91 Å². The van der Waals surface area contributed by atoms with E-state index in [0.29, 0.717) is 24.4 Å². The zero-order valence-electron chi connectivity index (χ0n) is 17.1. The second kappa shape index (κ2) is 9.66. The van der Waals surface area contributed by atoms with Crippen LogP contribution in [0.5, 0.6) is 5.75 Å². The minimum atomic E-state index is -0.578. The molecule has 1 N–H and O–H groups in total. The SMILES string of the molecule is O=C(CN1C(=O)/C(=C/c2c(F)cccc2Cl)Oc2ccccc21)NCCc1ccccc1. The van der Waals surface area contributed by atoms with Crippen LogP contribution < -0.4 is 15.0 Å². The topological polar surface area (TPSA) is 58.6 Å². The van der Waals surface area contributed by atoms with Gasteiger partial charge in [0.15, 0.2) is 11.5 Å². The van der Waals surface area contributed by atoms with Crippen molar-refractivity contribution in [2.75, 3.05) is 18.0 Å². The van der Waals surface area contributed by atoms with Gasteiger partial charge in [-0.2, -0.15) is 0 Å². The standard InChI is InChI=1S/C25H20ClFN2O3/c26-19-9-6-10-20(27)18(19)15-23-25(31)29(21-11-4-5-12-22(21)32-23)16-24(30)28-14-13-17-7-2-1-3-8-17/h1-12,15H,13-14,16H2,(H,28,30)/b23-15-. The van der Waals surface area contributed by atoms with Crippen LogP contribution in [-0.2, 0) is 16.0 Å². The van der Waals surface area contributed by atoms with Crippen molar-refractivity contribution in [3.05, 3.63) is 101 Å². The van der Waals surface area contributed by atoms with Gasteiger partial charge in [-0.1, -0.05) is 60.1 Å². The van der Waals surface area contributed by atoms with E-state index in [9.17, 15) is 14.0 Å². The maximum atomic E-state index is 14.2. The highest BCUT2D eigenvalue weighted by Crippen LogP contribution is 2.36. The summed E-state index contributed by atoms with van der Waals surface area (Å²) in [7, 11) is 0. The summed E-state index contributed by atoms with van der Waals surface area (Å²) in [6, 6.07) is 20.9. The first-order valence-electron chi connectivity index (χ1n) is 10.1. The third kappa shape index (κ3) is 4.81. The zero-order chi connectivity index (χ0) is 22.5. The summed E-state index contributed by atoms with van der Waals surface area (Å²) < 4.78 is 20.0. The molecule has 0 fully saturated rings. The normalized spacial score (nSPS) is 14.1. The van der Waals surface area contributed by atoms with E-state index >= 15 is 0 Å². The lowest BCUT2D eigenvalue weighted by molar-refractivity contribution is -0.123. The molecule has 1 heterocycles. The Bertz CT molecular complexity index is 1160. The highest BCUT2D eigenvalue weighted by atomic mass is 35.5. The van der Waals surface area contributed by atoms with Crippen molar-refractivity contribution >= 4 is 35.2 Å². The van der Waals surface area contributed by atoms with Crippen LogP contribution in [0.1, 0.15) is 11.1 Å². The summed E-state index contributed by atoms with van der Waals surface area (Å²) >= 11 is 6.10. The van der Waals surface area contributed by atoms with E-state index < -0.39 is 11.7 Å². The van der Waals surface area contributed by atoms with Gasteiger partial charge in [0.1, 0.15) is 12.4 Å².